The summed E-state index contributed by atoms with van der Waals surface area (Å²) in [6, 6.07) is 13.4. The molecule has 0 saturated carbocycles. The molecule has 2 N–H and O–H groups in total. The Kier molecular flexibility index (Phi) is 5.25. The summed E-state index contributed by atoms with van der Waals surface area (Å²) in [6.07, 6.45) is 3.28. The average Bonchev–Trinajstić information content (AvgIpc) is 3.26. The van der Waals surface area contributed by atoms with Crippen LogP contribution in [0.4, 0.5) is 10.3 Å². The standard InChI is InChI=1S/C24H20FN7O2/c1-31-13-14(9-10-20(31)33)21-22(15-6-3-4-8-18(15)34-2)29-24(26)32-23(21)28-19(30-32)12-17-16(25)7-5-11-27-17/h3-11,13H,12H2,1-2H3,(H2,26,29). The predicted octanol–water partition coefficient (Wildman–Crippen LogP) is 2.87. The molecule has 1 aromatic carbocycles. The Morgan fingerprint density at radius 2 is 1.91 bits per heavy atom. The van der Waals surface area contributed by atoms with Gasteiger partial charge in [-0.15, -0.1) is 5.10 Å². The van der Waals surface area contributed by atoms with Crippen LogP contribution in [0.15, 0.2) is 65.7 Å². The Balaban J connectivity index is 1.80. The molecule has 0 saturated heterocycles. The summed E-state index contributed by atoms with van der Waals surface area (Å²) in [7, 11) is 3.23. The summed E-state index contributed by atoms with van der Waals surface area (Å²) >= 11 is 0. The first-order valence-corrected chi connectivity index (χ1v) is 10.4. The number of hydrogen-bond donors (Lipinski definition) is 1. The van der Waals surface area contributed by atoms with Crippen LogP contribution in [0.1, 0.15) is 11.5 Å². The molecular weight excluding hydrogens is 437 g/mol. The van der Waals surface area contributed by atoms with Gasteiger partial charge in [0.2, 0.25) is 11.5 Å². The number of nitrogen functional groups attached to an aromatic ring is 1. The molecule has 9 nitrogen and oxygen atoms in total. The quantitative estimate of drug-likeness (QED) is 0.432. The number of methoxy groups -OCH3 is 1. The van der Waals surface area contributed by atoms with Crippen LogP contribution in [0.5, 0.6) is 5.75 Å². The van der Waals surface area contributed by atoms with Gasteiger partial charge in [-0.25, -0.2) is 14.4 Å². The smallest absolute Gasteiger partial charge is 0.250 e. The fourth-order valence-electron chi connectivity index (χ4n) is 3.82. The molecule has 5 aromatic rings. The van der Waals surface area contributed by atoms with Crippen LogP contribution in [-0.2, 0) is 13.5 Å². The highest BCUT2D eigenvalue weighted by atomic mass is 19.1. The van der Waals surface area contributed by atoms with Gasteiger partial charge in [-0.2, -0.15) is 4.52 Å². The van der Waals surface area contributed by atoms with Crippen molar-refractivity contribution >= 4 is 11.6 Å². The highest BCUT2D eigenvalue weighted by Crippen LogP contribution is 2.38. The molecule has 0 fully saturated rings. The number of nitrogens with two attached hydrogens (primary N) is 1. The normalized spacial score (nSPS) is 11.1. The number of pyridine rings is 2. The van der Waals surface area contributed by atoms with Crippen LogP contribution >= 0.6 is 0 Å². The fourth-order valence-corrected chi connectivity index (χ4v) is 3.82. The second-order valence-electron chi connectivity index (χ2n) is 7.63. The molecule has 0 unspecified atom stereocenters. The number of benzene rings is 1. The minimum absolute atomic E-state index is 0.0739. The van der Waals surface area contributed by atoms with E-state index in [4.69, 9.17) is 10.5 Å². The molecule has 0 spiro atoms. The monoisotopic (exact) mass is 457 g/mol. The zero-order valence-corrected chi connectivity index (χ0v) is 18.4. The van der Waals surface area contributed by atoms with E-state index in [9.17, 15) is 9.18 Å². The number of aromatic nitrogens is 6. The molecule has 34 heavy (non-hydrogen) atoms. The van der Waals surface area contributed by atoms with E-state index in [1.807, 2.05) is 24.3 Å². The van der Waals surface area contributed by atoms with Gasteiger partial charge in [0.1, 0.15) is 11.6 Å². The van der Waals surface area contributed by atoms with Crippen molar-refractivity contribution < 1.29 is 9.13 Å². The summed E-state index contributed by atoms with van der Waals surface area (Å²) in [4.78, 5) is 25.4. The van der Waals surface area contributed by atoms with Gasteiger partial charge in [0, 0.05) is 36.6 Å². The molecule has 0 aliphatic carbocycles. The fraction of sp³-hybridized carbons (Fsp3) is 0.125. The van der Waals surface area contributed by atoms with Crippen molar-refractivity contribution in [2.45, 2.75) is 6.42 Å². The number of para-hydroxylation sites is 1. The maximum absolute atomic E-state index is 14.2. The van der Waals surface area contributed by atoms with Crippen LogP contribution in [0.25, 0.3) is 28.0 Å². The third-order valence-corrected chi connectivity index (χ3v) is 5.45. The van der Waals surface area contributed by atoms with E-state index in [0.717, 1.165) is 0 Å². The van der Waals surface area contributed by atoms with Crippen LogP contribution in [0.2, 0.25) is 0 Å². The van der Waals surface area contributed by atoms with Gasteiger partial charge < -0.3 is 15.0 Å². The number of fused-ring (bicyclic) bond motifs is 1. The Labute approximate surface area is 193 Å². The van der Waals surface area contributed by atoms with E-state index in [2.05, 4.69) is 20.1 Å². The summed E-state index contributed by atoms with van der Waals surface area (Å²) in [5.41, 5.74) is 9.27. The first-order chi connectivity index (χ1) is 16.5. The van der Waals surface area contributed by atoms with Crippen molar-refractivity contribution in [3.63, 3.8) is 0 Å². The molecule has 170 valence electrons. The average molecular weight is 457 g/mol. The minimum Gasteiger partial charge on any atom is -0.496 e. The van der Waals surface area contributed by atoms with Crippen LogP contribution in [0.3, 0.4) is 0 Å². The Hall–Kier alpha value is -4.60. The molecule has 5 rings (SSSR count). The Morgan fingerprint density at radius 3 is 2.68 bits per heavy atom. The highest BCUT2D eigenvalue weighted by Gasteiger charge is 2.22. The lowest BCUT2D eigenvalue weighted by Crippen LogP contribution is -2.14. The lowest BCUT2D eigenvalue weighted by atomic mass is 10.0. The number of rotatable bonds is 5. The van der Waals surface area contributed by atoms with Crippen LogP contribution < -0.4 is 16.0 Å². The van der Waals surface area contributed by atoms with E-state index in [-0.39, 0.29) is 23.6 Å². The molecule has 0 aliphatic heterocycles. The molecule has 10 heteroatoms. The van der Waals surface area contributed by atoms with Crippen molar-refractivity contribution in [2.75, 3.05) is 12.8 Å². The van der Waals surface area contributed by atoms with Gasteiger partial charge in [-0.05, 0) is 30.3 Å². The first kappa shape index (κ1) is 21.3. The molecule has 0 bridgehead atoms. The number of ether oxygens (including phenoxy) is 1. The van der Waals surface area contributed by atoms with E-state index in [0.29, 0.717) is 39.6 Å². The van der Waals surface area contributed by atoms with Crippen molar-refractivity contribution in [1.29, 1.82) is 0 Å². The molecule has 0 atom stereocenters. The van der Waals surface area contributed by atoms with Gasteiger partial charge in [0.15, 0.2) is 11.5 Å². The van der Waals surface area contributed by atoms with Crippen molar-refractivity contribution in [1.82, 2.24) is 29.1 Å². The summed E-state index contributed by atoms with van der Waals surface area (Å²) in [5, 5.41) is 4.46. The van der Waals surface area contributed by atoms with Crippen molar-refractivity contribution in [3.8, 4) is 28.1 Å². The zero-order chi connectivity index (χ0) is 23.8. The Bertz CT molecular complexity index is 1590. The number of nitrogens with zero attached hydrogens (tertiary/aromatic N) is 6. The molecule has 0 amide bonds. The lowest BCUT2D eigenvalue weighted by Gasteiger charge is -2.14. The number of aryl methyl sites for hydroxylation is 1. The summed E-state index contributed by atoms with van der Waals surface area (Å²) in [5.74, 6) is 0.583. The molecule has 0 aliphatic rings. The maximum Gasteiger partial charge on any atom is 0.250 e. The SMILES string of the molecule is COc1ccccc1-c1nc(N)n2nc(Cc3ncccc3F)nc2c1-c1ccc(=O)n(C)c1. The van der Waals surface area contributed by atoms with Gasteiger partial charge in [-0.1, -0.05) is 12.1 Å². The predicted molar refractivity (Wildman–Crippen MR) is 125 cm³/mol. The molecule has 0 radical (unpaired) electrons. The second-order valence-corrected chi connectivity index (χ2v) is 7.63. The van der Waals surface area contributed by atoms with Gasteiger partial charge in [-0.3, -0.25) is 9.78 Å². The first-order valence-electron chi connectivity index (χ1n) is 10.4. The second kappa shape index (κ2) is 8.39. The summed E-state index contributed by atoms with van der Waals surface area (Å²) < 4.78 is 22.6. The Morgan fingerprint density at radius 1 is 1.09 bits per heavy atom. The van der Waals surface area contributed by atoms with Crippen molar-refractivity contribution in [3.05, 3.63) is 88.6 Å². The number of hydrogen-bond acceptors (Lipinski definition) is 7. The van der Waals surface area contributed by atoms with Gasteiger partial charge >= 0.3 is 0 Å². The minimum atomic E-state index is -0.444. The van der Waals surface area contributed by atoms with Gasteiger partial charge in [0.05, 0.1) is 30.5 Å². The van der Waals surface area contributed by atoms with Gasteiger partial charge in [0.25, 0.3) is 0 Å². The third-order valence-electron chi connectivity index (χ3n) is 5.45. The summed E-state index contributed by atoms with van der Waals surface area (Å²) in [6.45, 7) is 0. The number of halogens is 1. The molecular formula is C24H20FN7O2. The van der Waals surface area contributed by atoms with E-state index < -0.39 is 5.82 Å². The largest absolute Gasteiger partial charge is 0.496 e. The van der Waals surface area contributed by atoms with E-state index in [1.165, 1.54) is 33.5 Å². The third kappa shape index (κ3) is 3.64. The van der Waals surface area contributed by atoms with Crippen LogP contribution in [0, 0.1) is 5.82 Å². The lowest BCUT2D eigenvalue weighted by molar-refractivity contribution is 0.416. The van der Waals surface area contributed by atoms with Crippen LogP contribution in [-0.4, -0.2) is 36.2 Å². The zero-order valence-electron chi connectivity index (χ0n) is 18.4. The molecule has 4 heterocycles. The van der Waals surface area contributed by atoms with Crippen molar-refractivity contribution in [2.24, 2.45) is 7.05 Å². The number of anilines is 1. The van der Waals surface area contributed by atoms with E-state index >= 15 is 0 Å². The topological polar surface area (TPSA) is 113 Å². The highest BCUT2D eigenvalue weighted by molar-refractivity contribution is 5.92. The molecule has 4 aromatic heterocycles. The van der Waals surface area contributed by atoms with E-state index in [1.54, 1.807) is 26.4 Å². The maximum atomic E-state index is 14.2.